The molecule has 0 saturated heterocycles. The zero-order valence-electron chi connectivity index (χ0n) is 50.8. The van der Waals surface area contributed by atoms with E-state index in [1.807, 2.05) is 105 Å². The van der Waals surface area contributed by atoms with Gasteiger partial charge in [-0.15, -0.1) is 0 Å². The minimum atomic E-state index is -3.68. The number of carbonyl (C=O) groups is 2. The number of para-hydroxylation sites is 2. The molecule has 89 heavy (non-hydrogen) atoms. The SMILES string of the molecule is CCC.CNC(=O)c1c(-c2ccc(F)cc2)oc2cc(N(C)S(C)(=O)=O)c(-c3cccc(-c4[nH]c5ccccc5c4CN(C)C)c3)cc12.CNC(=O)c1c(-c2ccc(F)cc2)oc2cc(N(C)S(C)(=O)=O)c(-c3cccc(-c4cc5ccccc5[nH]4)c3)cc12. The van der Waals surface area contributed by atoms with Gasteiger partial charge < -0.3 is 34.3 Å². The number of carbonyl (C=O) groups excluding carboxylic acids is 2. The Labute approximate surface area is 515 Å². The van der Waals surface area contributed by atoms with Crippen LogP contribution in [0.4, 0.5) is 20.2 Å². The molecule has 12 rings (SSSR count). The molecule has 0 aliphatic rings. The number of halogens is 2. The third-order valence-electron chi connectivity index (χ3n) is 15.2. The van der Waals surface area contributed by atoms with Crippen molar-refractivity contribution in [3.63, 3.8) is 0 Å². The number of aromatic nitrogens is 2. The topological polar surface area (TPSA) is 194 Å². The number of amides is 2. The summed E-state index contributed by atoms with van der Waals surface area (Å²) in [7, 11) is 2.74. The van der Waals surface area contributed by atoms with Crippen LogP contribution in [0, 0.1) is 11.6 Å². The number of hydrogen-bond donors (Lipinski definition) is 4. The Hall–Kier alpha value is -9.82. The number of sulfonamides is 2. The molecule has 0 fully saturated rings. The molecule has 12 aromatic rings. The molecule has 15 nitrogen and oxygen atoms in total. The number of H-pyrrole nitrogens is 2. The van der Waals surface area contributed by atoms with Gasteiger partial charge in [-0.05, 0) is 133 Å². The molecule has 0 saturated carbocycles. The summed E-state index contributed by atoms with van der Waals surface area (Å²) in [5, 5.41) is 8.55. The third kappa shape index (κ3) is 12.8. The van der Waals surface area contributed by atoms with Gasteiger partial charge in [-0.2, -0.15) is 0 Å². The lowest BCUT2D eigenvalue weighted by Gasteiger charge is -2.21. The lowest BCUT2D eigenvalue weighted by atomic mass is 9.96. The van der Waals surface area contributed by atoms with Crippen molar-refractivity contribution in [3.05, 3.63) is 204 Å². The summed E-state index contributed by atoms with van der Waals surface area (Å²) in [5.74, 6) is -1.08. The van der Waals surface area contributed by atoms with Crippen LogP contribution in [0.3, 0.4) is 0 Å². The summed E-state index contributed by atoms with van der Waals surface area (Å²) in [6.07, 6.45) is 3.52. The number of furan rings is 2. The Morgan fingerprint density at radius 3 is 1.39 bits per heavy atom. The van der Waals surface area contributed by atoms with Gasteiger partial charge in [0.1, 0.15) is 34.3 Å². The molecule has 4 heterocycles. The van der Waals surface area contributed by atoms with Crippen molar-refractivity contribution in [2.75, 3.05) is 63.4 Å². The molecule has 0 bridgehead atoms. The highest BCUT2D eigenvalue weighted by molar-refractivity contribution is 7.92. The van der Waals surface area contributed by atoms with Gasteiger partial charge in [-0.25, -0.2) is 25.6 Å². The van der Waals surface area contributed by atoms with Crippen molar-refractivity contribution in [2.24, 2.45) is 0 Å². The predicted molar refractivity (Wildman–Crippen MR) is 355 cm³/mol. The third-order valence-corrected chi connectivity index (χ3v) is 17.6. The van der Waals surface area contributed by atoms with E-state index in [0.717, 1.165) is 73.5 Å². The van der Waals surface area contributed by atoms with Gasteiger partial charge >= 0.3 is 0 Å². The summed E-state index contributed by atoms with van der Waals surface area (Å²) in [6.45, 7) is 4.97. The van der Waals surface area contributed by atoms with Crippen LogP contribution >= 0.6 is 0 Å². The molecule has 4 N–H and O–H groups in total. The van der Waals surface area contributed by atoms with Crippen molar-refractivity contribution in [2.45, 2.75) is 26.8 Å². The molecule has 0 unspecified atom stereocenters. The monoisotopic (exact) mass is 1240 g/mol. The van der Waals surface area contributed by atoms with Crippen LogP contribution in [0.15, 0.2) is 185 Å². The highest BCUT2D eigenvalue weighted by Gasteiger charge is 2.29. The first-order chi connectivity index (χ1) is 42.5. The van der Waals surface area contributed by atoms with Crippen LogP contribution in [0.1, 0.15) is 46.5 Å². The Bertz CT molecular complexity index is 4840. The zero-order chi connectivity index (χ0) is 63.6. The fraction of sp³-hybridized carbons (Fsp3) is 0.171. The van der Waals surface area contributed by atoms with Crippen LogP contribution in [-0.4, -0.2) is 98.3 Å². The Balaban J connectivity index is 0.000000189. The standard InChI is InChI=1S/C35H33FN4O4S.C32H26FN3O4S.C3H8/c1-37-35(41)32-27-18-26(30(40(4)45(5,42)43)19-31(27)44-34(32)21-13-15-24(36)16-14-21)22-9-8-10-23(17-22)33-28(20-39(2)3)25-11-6-7-12-29(25)38-33;1-34-32(37)30-25-17-24(20-8-6-9-21(15-20)27-16-22-7-4-5-10-26(22)35-27)28(36(2)41(3,38)39)18-29(25)40-31(30)19-11-13-23(33)14-12-19;1-3-2/h6-19,38H,20H2,1-5H3,(H,37,41);4-18,35H,1-3H3,(H,34,37);3H2,1-2H3. The van der Waals surface area contributed by atoms with E-state index in [-0.39, 0.29) is 34.5 Å². The molecule has 8 aromatic carbocycles. The molecule has 4 aromatic heterocycles. The summed E-state index contributed by atoms with van der Waals surface area (Å²) >= 11 is 0. The number of nitrogens with one attached hydrogen (secondary N) is 4. The van der Waals surface area contributed by atoms with E-state index in [0.29, 0.717) is 62.1 Å². The lowest BCUT2D eigenvalue weighted by Crippen LogP contribution is -2.25. The fourth-order valence-corrected chi connectivity index (χ4v) is 11.8. The maximum Gasteiger partial charge on any atom is 0.255 e. The maximum atomic E-state index is 13.8. The summed E-state index contributed by atoms with van der Waals surface area (Å²) in [5.41, 5.74) is 12.6. The fourth-order valence-electron chi connectivity index (χ4n) is 10.8. The maximum absolute atomic E-state index is 13.8. The first-order valence-corrected chi connectivity index (χ1v) is 32.3. The van der Waals surface area contributed by atoms with Gasteiger partial charge in [0.05, 0.1) is 40.7 Å². The number of nitrogens with zero attached hydrogens (tertiary/aromatic N) is 3. The van der Waals surface area contributed by atoms with Crippen LogP contribution < -0.4 is 19.2 Å². The Morgan fingerprint density at radius 1 is 0.494 bits per heavy atom. The summed E-state index contributed by atoms with van der Waals surface area (Å²) in [6, 6.07) is 52.0. The second-order valence-electron chi connectivity index (χ2n) is 21.9. The quantitative estimate of drug-likeness (QED) is 0.0819. The zero-order valence-corrected chi connectivity index (χ0v) is 52.5. The van der Waals surface area contributed by atoms with Gasteiger partial charge in [0.2, 0.25) is 20.0 Å². The summed E-state index contributed by atoms with van der Waals surface area (Å²) in [4.78, 5) is 35.6. The van der Waals surface area contributed by atoms with Gasteiger partial charge in [0, 0.05) is 107 Å². The molecular weight excluding hydrogens is 1170 g/mol. The molecule has 2 amide bonds. The second kappa shape index (κ2) is 25.5. The normalized spacial score (nSPS) is 11.6. The molecule has 0 spiro atoms. The van der Waals surface area contributed by atoms with Crippen molar-refractivity contribution in [1.82, 2.24) is 25.5 Å². The van der Waals surface area contributed by atoms with E-state index in [4.69, 9.17) is 8.83 Å². The molecule has 0 aliphatic carbocycles. The Kier molecular flexibility index (Phi) is 17.8. The second-order valence-corrected chi connectivity index (χ2v) is 25.9. The van der Waals surface area contributed by atoms with E-state index in [1.165, 1.54) is 79.6 Å². The van der Waals surface area contributed by atoms with Crippen molar-refractivity contribution in [1.29, 1.82) is 0 Å². The largest absolute Gasteiger partial charge is 0.455 e. The number of fused-ring (bicyclic) bond motifs is 4. The molecule has 0 radical (unpaired) electrons. The minimum Gasteiger partial charge on any atom is -0.455 e. The van der Waals surface area contributed by atoms with Gasteiger partial charge in [0.25, 0.3) is 11.8 Å². The summed E-state index contributed by atoms with van der Waals surface area (Å²) < 4.78 is 93.3. The molecule has 456 valence electrons. The smallest absolute Gasteiger partial charge is 0.255 e. The molecule has 0 atom stereocenters. The van der Waals surface area contributed by atoms with Gasteiger partial charge in [0.15, 0.2) is 0 Å². The van der Waals surface area contributed by atoms with Crippen LogP contribution in [-0.2, 0) is 26.6 Å². The van der Waals surface area contributed by atoms with Crippen molar-refractivity contribution < 1.29 is 44.0 Å². The van der Waals surface area contributed by atoms with E-state index in [9.17, 15) is 35.2 Å². The van der Waals surface area contributed by atoms with Crippen molar-refractivity contribution in [3.8, 4) is 67.4 Å². The number of rotatable bonds is 14. The highest BCUT2D eigenvalue weighted by atomic mass is 32.2. The molecular formula is C70H67F2N7O8S2. The number of aromatic amines is 2. The highest BCUT2D eigenvalue weighted by Crippen LogP contribution is 2.45. The van der Waals surface area contributed by atoms with Crippen LogP contribution in [0.25, 0.3) is 111 Å². The molecule has 0 aliphatic heterocycles. The van der Waals surface area contributed by atoms with E-state index in [1.54, 1.807) is 36.4 Å². The van der Waals surface area contributed by atoms with Crippen LogP contribution in [0.2, 0.25) is 0 Å². The van der Waals surface area contributed by atoms with Crippen molar-refractivity contribution >= 4 is 87.0 Å². The first kappa shape index (κ1) is 62.2. The predicted octanol–water partition coefficient (Wildman–Crippen LogP) is 15.1. The first-order valence-electron chi connectivity index (χ1n) is 28.6. The number of benzene rings is 8. The van der Waals surface area contributed by atoms with E-state index >= 15 is 0 Å². The minimum absolute atomic E-state index is 0.259. The van der Waals surface area contributed by atoms with Gasteiger partial charge in [-0.3, -0.25) is 18.2 Å². The number of hydrogen-bond acceptors (Lipinski definition) is 9. The average molecular weight is 1240 g/mol. The molecule has 19 heteroatoms. The van der Waals surface area contributed by atoms with E-state index in [2.05, 4.69) is 51.5 Å². The Morgan fingerprint density at radius 2 is 0.933 bits per heavy atom. The van der Waals surface area contributed by atoms with E-state index < -0.39 is 31.7 Å². The van der Waals surface area contributed by atoms with Gasteiger partial charge in [-0.1, -0.05) is 93.1 Å². The number of anilines is 2. The van der Waals surface area contributed by atoms with Crippen LogP contribution in [0.5, 0.6) is 0 Å². The average Bonchev–Trinajstić information content (AvgIpc) is 1.70. The lowest BCUT2D eigenvalue weighted by molar-refractivity contribution is 0.0956.